The Balaban J connectivity index is 1.55. The molecule has 0 N–H and O–H groups in total. The number of hydrogen-bond donors (Lipinski definition) is 0. The van der Waals surface area contributed by atoms with E-state index in [1.165, 1.54) is 73.3 Å². The molecule has 4 aromatic rings. The first-order valence-electron chi connectivity index (χ1n) is 21.6. The van der Waals surface area contributed by atoms with Crippen LogP contribution < -0.4 is 16.0 Å². The molecule has 0 aromatic heterocycles. The molecule has 1 aliphatic heterocycles. The van der Waals surface area contributed by atoms with E-state index in [0.717, 1.165) is 24.3 Å². The average Bonchev–Trinajstić information content (AvgIpc) is 3.70. The second-order valence-electron chi connectivity index (χ2n) is 19.9. The first-order chi connectivity index (χ1) is 27.5. The van der Waals surface area contributed by atoms with Crippen LogP contribution in [0.15, 0.2) is 120 Å². The molecular weight excluding hydrogens is 800 g/mol. The number of fused-ring (bicyclic) bond motifs is 4. The van der Waals surface area contributed by atoms with E-state index in [1.807, 2.05) is 0 Å². The summed E-state index contributed by atoms with van der Waals surface area (Å²) in [6.45, 7) is 28.4. The van der Waals surface area contributed by atoms with Gasteiger partial charge in [0.25, 0.3) is 0 Å². The molecule has 1 heterocycles. The summed E-state index contributed by atoms with van der Waals surface area (Å²) in [4.78, 5) is 0. The summed E-state index contributed by atoms with van der Waals surface area (Å²) in [5, 5.41) is 3.18. The molecular formula is C54H60O2SiZr. The van der Waals surface area contributed by atoms with Gasteiger partial charge in [0.1, 0.15) is 0 Å². The van der Waals surface area contributed by atoms with Crippen molar-refractivity contribution in [3.8, 4) is 11.5 Å². The third kappa shape index (κ3) is 5.86. The second kappa shape index (κ2) is 13.8. The van der Waals surface area contributed by atoms with Gasteiger partial charge < -0.3 is 0 Å². The van der Waals surface area contributed by atoms with Gasteiger partial charge in [-0.3, -0.25) is 0 Å². The van der Waals surface area contributed by atoms with Crippen LogP contribution in [0.1, 0.15) is 123 Å². The molecule has 2 unspecified atom stereocenters. The molecule has 296 valence electrons. The molecule has 0 spiro atoms. The first-order valence-corrected chi connectivity index (χ1v) is 29.1. The van der Waals surface area contributed by atoms with Gasteiger partial charge in [-0.05, 0) is 0 Å². The predicted octanol–water partition coefficient (Wildman–Crippen LogP) is 12.9. The number of rotatable bonds is 6. The van der Waals surface area contributed by atoms with E-state index in [9.17, 15) is 0 Å². The molecule has 0 amide bonds. The summed E-state index contributed by atoms with van der Waals surface area (Å²) in [7, 11) is -2.43. The first kappa shape index (κ1) is 39.5. The van der Waals surface area contributed by atoms with E-state index < -0.39 is 29.2 Å². The van der Waals surface area contributed by atoms with Crippen molar-refractivity contribution in [3.05, 3.63) is 176 Å². The van der Waals surface area contributed by atoms with Crippen LogP contribution in [-0.2, 0) is 44.8 Å². The van der Waals surface area contributed by atoms with Gasteiger partial charge in [-0.2, -0.15) is 0 Å². The van der Waals surface area contributed by atoms with Crippen molar-refractivity contribution < 1.29 is 26.8 Å². The SMILES string of the molecule is CCc1ccc2c3c1[Si](C)(C)c1c(CC)ccc4c1[C](=C1C=CC=CC14)[Zr]([O]c1ccc(C)cc1C(C)(C)C)([O]c1ccc(C)cc1C(C)(C)C)[C]3=C1C=CC=CC12. The Morgan fingerprint density at radius 3 is 1.36 bits per heavy atom. The van der Waals surface area contributed by atoms with E-state index >= 15 is 0 Å². The Kier molecular flexibility index (Phi) is 9.38. The van der Waals surface area contributed by atoms with E-state index in [4.69, 9.17) is 5.63 Å². The van der Waals surface area contributed by atoms with Crippen LogP contribution in [-0.4, -0.2) is 8.07 Å². The maximum atomic E-state index is 8.47. The van der Waals surface area contributed by atoms with E-state index in [1.54, 1.807) is 10.4 Å². The van der Waals surface area contributed by atoms with Gasteiger partial charge in [-0.25, -0.2) is 0 Å². The van der Waals surface area contributed by atoms with Crippen LogP contribution >= 0.6 is 0 Å². The molecule has 0 radical (unpaired) electrons. The fourth-order valence-corrected chi connectivity index (χ4v) is 25.8. The summed E-state index contributed by atoms with van der Waals surface area (Å²) in [6.07, 6.45) is 20.7. The summed E-state index contributed by atoms with van der Waals surface area (Å²) in [6, 6.07) is 23.6. The predicted molar refractivity (Wildman–Crippen MR) is 245 cm³/mol. The third-order valence-electron chi connectivity index (χ3n) is 13.5. The zero-order valence-corrected chi connectivity index (χ0v) is 40.2. The number of hydrogen-bond acceptors (Lipinski definition) is 2. The quantitative estimate of drug-likeness (QED) is 0.180. The fraction of sp³-hybridized carbons (Fsp3) is 0.333. The molecule has 0 fully saturated rings. The summed E-state index contributed by atoms with van der Waals surface area (Å²) < 4.78 is 19.7. The molecule has 0 saturated heterocycles. The Hall–Kier alpha value is -3.98. The standard InChI is InChI=1S/C32H30Si.2C11H16O.Zr/c1-5-21-15-17-27-25-13-9-7-11-23(25)19-29(27)31(21)33(3,4)32-22(6-2)16-18-28-26-14-10-8-12-24(26)20-30(28)32;2*1-8-5-6-10(12)9(7-8)11(2,3)4;/h7-18,25-26H,5-6H2,1-4H3;2*5-7,12H,1-4H3;/q;;;+2/p-2. The Morgan fingerprint density at radius 1 is 0.569 bits per heavy atom. The number of aryl methyl sites for hydroxylation is 4. The molecule has 4 heteroatoms. The van der Waals surface area contributed by atoms with Gasteiger partial charge in [0.05, 0.1) is 0 Å². The van der Waals surface area contributed by atoms with E-state index in [2.05, 4.69) is 192 Å². The number of benzene rings is 4. The van der Waals surface area contributed by atoms with E-state index in [-0.39, 0.29) is 22.7 Å². The molecule has 4 aliphatic carbocycles. The minimum atomic E-state index is -5.19. The third-order valence-corrected chi connectivity index (χ3v) is 25.5. The Bertz CT molecular complexity index is 2430. The minimum absolute atomic E-state index is 0.142. The van der Waals surface area contributed by atoms with Crippen LogP contribution in [0.5, 0.6) is 11.5 Å². The summed E-state index contributed by atoms with van der Waals surface area (Å²) in [5.74, 6) is 2.20. The molecule has 5 aliphatic rings. The van der Waals surface area contributed by atoms with Crippen LogP contribution in [0.25, 0.3) is 6.56 Å². The van der Waals surface area contributed by atoms with Crippen molar-refractivity contribution in [2.45, 2.75) is 118 Å². The van der Waals surface area contributed by atoms with Gasteiger partial charge >= 0.3 is 357 Å². The Morgan fingerprint density at radius 2 is 0.983 bits per heavy atom. The topological polar surface area (TPSA) is 18.5 Å². The molecule has 0 bridgehead atoms. The fourth-order valence-electron chi connectivity index (χ4n) is 10.9. The van der Waals surface area contributed by atoms with Crippen molar-refractivity contribution in [1.29, 1.82) is 0 Å². The molecule has 0 saturated carbocycles. The average molecular weight is 860 g/mol. The molecule has 4 aromatic carbocycles. The van der Waals surface area contributed by atoms with Gasteiger partial charge in [-0.15, -0.1) is 0 Å². The second-order valence-corrected chi connectivity index (χ2v) is 30.6. The summed E-state index contributed by atoms with van der Waals surface area (Å²) in [5.41, 5.74) is 16.0. The van der Waals surface area contributed by atoms with Crippen molar-refractivity contribution >= 4 is 25.0 Å². The van der Waals surface area contributed by atoms with Crippen molar-refractivity contribution in [3.63, 3.8) is 0 Å². The van der Waals surface area contributed by atoms with E-state index in [0.29, 0.717) is 0 Å². The van der Waals surface area contributed by atoms with Gasteiger partial charge in [0.15, 0.2) is 0 Å². The maximum absolute atomic E-state index is 8.47. The van der Waals surface area contributed by atoms with Crippen LogP contribution in [0, 0.1) is 13.8 Å². The van der Waals surface area contributed by atoms with Crippen molar-refractivity contribution in [2.75, 3.05) is 0 Å². The molecule has 58 heavy (non-hydrogen) atoms. The van der Waals surface area contributed by atoms with Gasteiger partial charge in [0, 0.05) is 0 Å². The monoisotopic (exact) mass is 858 g/mol. The van der Waals surface area contributed by atoms with Crippen molar-refractivity contribution in [1.82, 2.24) is 0 Å². The van der Waals surface area contributed by atoms with Crippen molar-refractivity contribution in [2.24, 2.45) is 0 Å². The van der Waals surface area contributed by atoms with Gasteiger partial charge in [0.2, 0.25) is 0 Å². The Labute approximate surface area is 354 Å². The zero-order valence-electron chi connectivity index (χ0n) is 36.8. The number of allylic oxidation sites excluding steroid dienone is 10. The van der Waals surface area contributed by atoms with Crippen LogP contribution in [0.4, 0.5) is 0 Å². The van der Waals surface area contributed by atoms with Crippen LogP contribution in [0.3, 0.4) is 0 Å². The molecule has 9 rings (SSSR count). The normalized spacial score (nSPS) is 20.4. The molecule has 2 nitrogen and oxygen atoms in total. The zero-order chi connectivity index (χ0) is 41.1. The van der Waals surface area contributed by atoms with Crippen LogP contribution in [0.2, 0.25) is 13.1 Å². The summed E-state index contributed by atoms with van der Waals surface area (Å²) >= 11 is -5.19. The molecule has 2 atom stereocenters. The van der Waals surface area contributed by atoms with Gasteiger partial charge in [-0.1, -0.05) is 0 Å².